The molecule has 2 aromatic rings. The van der Waals surface area contributed by atoms with Gasteiger partial charge in [-0.3, -0.25) is 4.90 Å². The van der Waals surface area contributed by atoms with Gasteiger partial charge in [-0.25, -0.2) is 4.98 Å². The number of hydrogen-bond acceptors (Lipinski definition) is 4. The van der Waals surface area contributed by atoms with Crippen molar-refractivity contribution in [3.05, 3.63) is 52.6 Å². The second-order valence-electron chi connectivity index (χ2n) is 5.45. The first-order chi connectivity index (χ1) is 10.7. The molecule has 0 spiro atoms. The largest absolute Gasteiger partial charge is 0.497 e. The molecule has 1 aliphatic rings. The number of piperazine rings is 1. The van der Waals surface area contributed by atoms with Gasteiger partial charge < -0.3 is 9.64 Å². The summed E-state index contributed by atoms with van der Waals surface area (Å²) in [6.07, 6.45) is 1.86. The summed E-state index contributed by atoms with van der Waals surface area (Å²) in [5, 5.41) is 0. The van der Waals surface area contributed by atoms with Crippen molar-refractivity contribution in [1.29, 1.82) is 0 Å². The number of methoxy groups -OCH3 is 1. The van der Waals surface area contributed by atoms with Gasteiger partial charge in [0.25, 0.3) is 0 Å². The molecule has 0 radical (unpaired) electrons. The van der Waals surface area contributed by atoms with Gasteiger partial charge in [0.1, 0.15) is 11.6 Å². The van der Waals surface area contributed by atoms with E-state index in [2.05, 4.69) is 48.9 Å². The van der Waals surface area contributed by atoms with Crippen molar-refractivity contribution in [1.82, 2.24) is 9.88 Å². The second kappa shape index (κ2) is 7.11. The molecule has 116 valence electrons. The first-order valence-electron chi connectivity index (χ1n) is 7.46. The van der Waals surface area contributed by atoms with Gasteiger partial charge in [0, 0.05) is 43.4 Å². The predicted molar refractivity (Wildman–Crippen MR) is 92.4 cm³/mol. The molecule has 5 heteroatoms. The van der Waals surface area contributed by atoms with Gasteiger partial charge in [-0.05, 0) is 45.8 Å². The summed E-state index contributed by atoms with van der Waals surface area (Å²) in [4.78, 5) is 9.30. The molecule has 0 atom stereocenters. The lowest BCUT2D eigenvalue weighted by Crippen LogP contribution is -2.46. The predicted octanol–water partition coefficient (Wildman–Crippen LogP) is 3.17. The highest BCUT2D eigenvalue weighted by atomic mass is 79.9. The maximum atomic E-state index is 5.20. The van der Waals surface area contributed by atoms with Gasteiger partial charge in [-0.15, -0.1) is 0 Å². The quantitative estimate of drug-likeness (QED) is 0.836. The van der Waals surface area contributed by atoms with Crippen molar-refractivity contribution in [3.63, 3.8) is 0 Å². The summed E-state index contributed by atoms with van der Waals surface area (Å²) in [6, 6.07) is 12.5. The van der Waals surface area contributed by atoms with Crippen LogP contribution in [-0.4, -0.2) is 43.2 Å². The van der Waals surface area contributed by atoms with Gasteiger partial charge in [-0.1, -0.05) is 12.1 Å². The molecule has 0 N–H and O–H groups in total. The molecule has 0 unspecified atom stereocenters. The zero-order valence-corrected chi connectivity index (χ0v) is 14.3. The molecule has 4 nitrogen and oxygen atoms in total. The molecule has 0 saturated carbocycles. The summed E-state index contributed by atoms with van der Waals surface area (Å²) < 4.78 is 6.22. The summed E-state index contributed by atoms with van der Waals surface area (Å²) in [5.41, 5.74) is 1.33. The Morgan fingerprint density at radius 3 is 2.36 bits per heavy atom. The fraction of sp³-hybridized carbons (Fsp3) is 0.353. The number of rotatable bonds is 4. The highest BCUT2D eigenvalue weighted by molar-refractivity contribution is 9.10. The maximum absolute atomic E-state index is 5.20. The van der Waals surface area contributed by atoms with Gasteiger partial charge in [-0.2, -0.15) is 0 Å². The average molecular weight is 362 g/mol. The van der Waals surface area contributed by atoms with E-state index < -0.39 is 0 Å². The summed E-state index contributed by atoms with van der Waals surface area (Å²) in [5.74, 6) is 1.97. The summed E-state index contributed by atoms with van der Waals surface area (Å²) in [7, 11) is 1.70. The van der Waals surface area contributed by atoms with Gasteiger partial charge >= 0.3 is 0 Å². The number of pyridine rings is 1. The second-order valence-corrected chi connectivity index (χ2v) is 6.36. The van der Waals surface area contributed by atoms with Gasteiger partial charge in [0.05, 0.1) is 7.11 Å². The Bertz CT molecular complexity index is 592. The van der Waals surface area contributed by atoms with E-state index in [0.717, 1.165) is 48.8 Å². The molecule has 0 bridgehead atoms. The highest BCUT2D eigenvalue weighted by Crippen LogP contribution is 2.18. The molecule has 22 heavy (non-hydrogen) atoms. The number of aromatic nitrogens is 1. The van der Waals surface area contributed by atoms with Crippen LogP contribution in [0.4, 0.5) is 5.82 Å². The van der Waals surface area contributed by atoms with Crippen LogP contribution in [-0.2, 0) is 6.54 Å². The van der Waals surface area contributed by atoms with Crippen molar-refractivity contribution in [3.8, 4) is 5.75 Å². The van der Waals surface area contributed by atoms with E-state index in [-0.39, 0.29) is 0 Å². The Morgan fingerprint density at radius 2 is 1.77 bits per heavy atom. The Kier molecular flexibility index (Phi) is 4.95. The number of anilines is 1. The minimum Gasteiger partial charge on any atom is -0.497 e. The third-order valence-electron chi connectivity index (χ3n) is 3.97. The SMILES string of the molecule is COc1ccc(CN2CCN(c3ccc(Br)cn3)CC2)cc1. The highest BCUT2D eigenvalue weighted by Gasteiger charge is 2.17. The van der Waals surface area contributed by atoms with Crippen molar-refractivity contribution >= 4 is 21.7 Å². The zero-order valence-electron chi connectivity index (χ0n) is 12.7. The van der Waals surface area contributed by atoms with E-state index in [9.17, 15) is 0 Å². The lowest BCUT2D eigenvalue weighted by Gasteiger charge is -2.35. The third kappa shape index (κ3) is 3.78. The van der Waals surface area contributed by atoms with E-state index in [0.29, 0.717) is 0 Å². The number of benzene rings is 1. The topological polar surface area (TPSA) is 28.6 Å². The first kappa shape index (κ1) is 15.3. The van der Waals surface area contributed by atoms with Crippen LogP contribution < -0.4 is 9.64 Å². The molecule has 1 fully saturated rings. The van der Waals surface area contributed by atoms with Crippen LogP contribution in [0.3, 0.4) is 0 Å². The van der Waals surface area contributed by atoms with Crippen LogP contribution in [0, 0.1) is 0 Å². The molecular formula is C17H20BrN3O. The fourth-order valence-electron chi connectivity index (χ4n) is 2.68. The Balaban J connectivity index is 1.53. The Morgan fingerprint density at radius 1 is 1.05 bits per heavy atom. The van der Waals surface area contributed by atoms with Crippen molar-refractivity contribution < 1.29 is 4.74 Å². The average Bonchev–Trinajstić information content (AvgIpc) is 2.57. The maximum Gasteiger partial charge on any atom is 0.128 e. The molecule has 3 rings (SSSR count). The molecule has 1 aliphatic heterocycles. The minimum atomic E-state index is 0.912. The molecular weight excluding hydrogens is 342 g/mol. The van der Waals surface area contributed by atoms with E-state index in [1.807, 2.05) is 24.4 Å². The molecule has 0 aliphatic carbocycles. The molecule has 1 saturated heterocycles. The first-order valence-corrected chi connectivity index (χ1v) is 8.26. The minimum absolute atomic E-state index is 0.912. The van der Waals surface area contributed by atoms with Crippen LogP contribution in [0.25, 0.3) is 0 Å². The number of hydrogen-bond donors (Lipinski definition) is 0. The van der Waals surface area contributed by atoms with Crippen LogP contribution >= 0.6 is 15.9 Å². The number of ether oxygens (including phenoxy) is 1. The van der Waals surface area contributed by atoms with Gasteiger partial charge in [0.2, 0.25) is 0 Å². The van der Waals surface area contributed by atoms with Crippen molar-refractivity contribution in [2.24, 2.45) is 0 Å². The third-order valence-corrected chi connectivity index (χ3v) is 4.44. The van der Waals surface area contributed by atoms with Crippen molar-refractivity contribution in [2.75, 3.05) is 38.2 Å². The molecule has 1 aromatic heterocycles. The van der Waals surface area contributed by atoms with Crippen molar-refractivity contribution in [2.45, 2.75) is 6.54 Å². The molecule has 0 amide bonds. The molecule has 1 aromatic carbocycles. The number of halogens is 1. The van der Waals surface area contributed by atoms with Crippen LogP contribution in [0.2, 0.25) is 0 Å². The van der Waals surface area contributed by atoms with E-state index in [1.54, 1.807) is 7.11 Å². The van der Waals surface area contributed by atoms with Crippen LogP contribution in [0.5, 0.6) is 5.75 Å². The Hall–Kier alpha value is -1.59. The molecule has 2 heterocycles. The van der Waals surface area contributed by atoms with Crippen LogP contribution in [0.15, 0.2) is 47.1 Å². The lowest BCUT2D eigenvalue weighted by atomic mass is 10.2. The number of nitrogens with zero attached hydrogens (tertiary/aromatic N) is 3. The smallest absolute Gasteiger partial charge is 0.128 e. The summed E-state index contributed by atoms with van der Waals surface area (Å²) in [6.45, 7) is 5.15. The normalized spacial score (nSPS) is 15.8. The standard InChI is InChI=1S/C17H20BrN3O/c1-22-16-5-2-14(3-6-16)13-20-8-10-21(11-9-20)17-7-4-15(18)12-19-17/h2-7,12H,8-11,13H2,1H3. The lowest BCUT2D eigenvalue weighted by molar-refractivity contribution is 0.249. The summed E-state index contributed by atoms with van der Waals surface area (Å²) >= 11 is 3.43. The monoisotopic (exact) mass is 361 g/mol. The van der Waals surface area contributed by atoms with Gasteiger partial charge in [0.15, 0.2) is 0 Å². The fourth-order valence-corrected chi connectivity index (χ4v) is 2.91. The zero-order chi connectivity index (χ0) is 15.4. The van der Waals surface area contributed by atoms with E-state index in [1.165, 1.54) is 5.56 Å². The van der Waals surface area contributed by atoms with Crippen LogP contribution in [0.1, 0.15) is 5.56 Å². The Labute approximate surface area is 139 Å². The van der Waals surface area contributed by atoms with E-state index in [4.69, 9.17) is 4.74 Å². The van der Waals surface area contributed by atoms with E-state index >= 15 is 0 Å².